The first-order valence-electron chi connectivity index (χ1n) is 6.74. The number of amides is 1. The highest BCUT2D eigenvalue weighted by Crippen LogP contribution is 2.13. The molecule has 0 aliphatic rings. The summed E-state index contributed by atoms with van der Waals surface area (Å²) >= 11 is 1.68. The zero-order valence-electron chi connectivity index (χ0n) is 11.8. The summed E-state index contributed by atoms with van der Waals surface area (Å²) in [4.78, 5) is 18.2. The number of hydrogen-bond donors (Lipinski definition) is 1. The lowest BCUT2D eigenvalue weighted by atomic mass is 10.2. The molecule has 0 fully saturated rings. The van der Waals surface area contributed by atoms with E-state index in [1.54, 1.807) is 22.4 Å². The fraction of sp³-hybridized carbons (Fsp3) is 0.333. The number of anilines is 1. The Hall–Kier alpha value is -1.88. The minimum Gasteiger partial charge on any atom is -0.381 e. The molecule has 20 heavy (non-hydrogen) atoms. The Morgan fingerprint density at radius 3 is 2.80 bits per heavy atom. The molecule has 0 saturated heterocycles. The van der Waals surface area contributed by atoms with Crippen LogP contribution in [0.4, 0.5) is 5.69 Å². The zero-order chi connectivity index (χ0) is 14.4. The number of carbonyl (C=O) groups is 1. The van der Waals surface area contributed by atoms with Gasteiger partial charge in [0, 0.05) is 31.5 Å². The predicted octanol–water partition coefficient (Wildman–Crippen LogP) is 3.24. The van der Waals surface area contributed by atoms with Crippen molar-refractivity contribution in [1.29, 1.82) is 0 Å². The van der Waals surface area contributed by atoms with Crippen LogP contribution in [0, 0.1) is 0 Å². The van der Waals surface area contributed by atoms with Crippen molar-refractivity contribution in [2.45, 2.75) is 20.4 Å². The Kier molecular flexibility index (Phi) is 5.12. The Morgan fingerprint density at radius 1 is 1.35 bits per heavy atom. The van der Waals surface area contributed by atoms with Gasteiger partial charge in [0.2, 0.25) is 0 Å². The molecular formula is C15H19N3OS. The summed E-state index contributed by atoms with van der Waals surface area (Å²) in [6.07, 6.45) is 1.67. The molecule has 2 aromatic heterocycles. The van der Waals surface area contributed by atoms with Gasteiger partial charge < -0.3 is 10.2 Å². The largest absolute Gasteiger partial charge is 0.381 e. The summed E-state index contributed by atoms with van der Waals surface area (Å²) in [6.45, 7) is 6.10. The van der Waals surface area contributed by atoms with Crippen LogP contribution in [0.1, 0.15) is 29.9 Å². The van der Waals surface area contributed by atoms with E-state index in [2.05, 4.69) is 27.1 Å². The lowest BCUT2D eigenvalue weighted by Gasteiger charge is -2.18. The quantitative estimate of drug-likeness (QED) is 0.888. The minimum absolute atomic E-state index is 0.0193. The van der Waals surface area contributed by atoms with Crippen molar-refractivity contribution >= 4 is 22.9 Å². The number of pyridine rings is 1. The highest BCUT2D eigenvalue weighted by atomic mass is 32.1. The molecule has 0 spiro atoms. The molecule has 0 unspecified atom stereocenters. The van der Waals surface area contributed by atoms with Crippen molar-refractivity contribution < 1.29 is 4.79 Å². The molecule has 0 aromatic carbocycles. The first kappa shape index (κ1) is 14.5. The van der Waals surface area contributed by atoms with Crippen LogP contribution in [0.15, 0.2) is 35.2 Å². The number of thiophene rings is 1. The SMILES string of the molecule is CCN(CC)C(=O)c1cc(NCc2ccsc2)ccn1. The van der Waals surface area contributed by atoms with E-state index < -0.39 is 0 Å². The van der Waals surface area contributed by atoms with Gasteiger partial charge in [-0.2, -0.15) is 11.3 Å². The van der Waals surface area contributed by atoms with E-state index in [-0.39, 0.29) is 5.91 Å². The van der Waals surface area contributed by atoms with Gasteiger partial charge in [0.05, 0.1) is 0 Å². The molecule has 2 heterocycles. The summed E-state index contributed by atoms with van der Waals surface area (Å²) < 4.78 is 0. The molecule has 0 saturated carbocycles. The minimum atomic E-state index is -0.0193. The monoisotopic (exact) mass is 289 g/mol. The smallest absolute Gasteiger partial charge is 0.272 e. The van der Waals surface area contributed by atoms with Crippen molar-refractivity contribution in [2.75, 3.05) is 18.4 Å². The molecule has 0 bridgehead atoms. The highest BCUT2D eigenvalue weighted by molar-refractivity contribution is 7.07. The number of rotatable bonds is 6. The van der Waals surface area contributed by atoms with Crippen molar-refractivity contribution in [3.63, 3.8) is 0 Å². The molecule has 1 amide bonds. The molecule has 0 atom stereocenters. The molecule has 4 nitrogen and oxygen atoms in total. The number of hydrogen-bond acceptors (Lipinski definition) is 4. The van der Waals surface area contributed by atoms with Gasteiger partial charge in [-0.25, -0.2) is 0 Å². The Balaban J connectivity index is 2.05. The van der Waals surface area contributed by atoms with Crippen molar-refractivity contribution in [2.24, 2.45) is 0 Å². The summed E-state index contributed by atoms with van der Waals surface area (Å²) in [7, 11) is 0. The van der Waals surface area contributed by atoms with Gasteiger partial charge in [-0.1, -0.05) is 0 Å². The molecule has 1 N–H and O–H groups in total. The number of nitrogens with zero attached hydrogens (tertiary/aromatic N) is 2. The van der Waals surface area contributed by atoms with E-state index in [4.69, 9.17) is 0 Å². The normalized spacial score (nSPS) is 10.3. The average Bonchev–Trinajstić information content (AvgIpc) is 3.00. The third-order valence-corrected chi connectivity index (χ3v) is 3.84. The summed E-state index contributed by atoms with van der Waals surface area (Å²) in [6, 6.07) is 5.78. The van der Waals surface area contributed by atoms with Gasteiger partial charge in [0.1, 0.15) is 5.69 Å². The summed E-state index contributed by atoms with van der Waals surface area (Å²) in [5.74, 6) is -0.0193. The number of carbonyl (C=O) groups excluding carboxylic acids is 1. The second-order valence-electron chi connectivity index (χ2n) is 4.39. The van der Waals surface area contributed by atoms with E-state index in [1.807, 2.05) is 26.0 Å². The maximum Gasteiger partial charge on any atom is 0.272 e. The molecule has 0 radical (unpaired) electrons. The Bertz CT molecular complexity index is 550. The van der Waals surface area contributed by atoms with Crippen LogP contribution in [0.5, 0.6) is 0 Å². The van der Waals surface area contributed by atoms with Gasteiger partial charge >= 0.3 is 0 Å². The van der Waals surface area contributed by atoms with Crippen LogP contribution >= 0.6 is 11.3 Å². The van der Waals surface area contributed by atoms with Gasteiger partial charge in [0.15, 0.2) is 0 Å². The van der Waals surface area contributed by atoms with E-state index in [0.29, 0.717) is 18.8 Å². The second kappa shape index (κ2) is 7.05. The summed E-state index contributed by atoms with van der Waals surface area (Å²) in [5.41, 5.74) is 2.65. The first-order chi connectivity index (χ1) is 9.74. The molecule has 2 aromatic rings. The molecule has 106 valence electrons. The third kappa shape index (κ3) is 3.57. The van der Waals surface area contributed by atoms with Gasteiger partial charge in [0.25, 0.3) is 5.91 Å². The van der Waals surface area contributed by atoms with Crippen molar-refractivity contribution in [1.82, 2.24) is 9.88 Å². The van der Waals surface area contributed by atoms with Crippen LogP contribution in [-0.2, 0) is 6.54 Å². The molecular weight excluding hydrogens is 270 g/mol. The van der Waals surface area contributed by atoms with E-state index in [0.717, 1.165) is 12.2 Å². The topological polar surface area (TPSA) is 45.2 Å². The maximum absolute atomic E-state index is 12.2. The first-order valence-corrected chi connectivity index (χ1v) is 7.69. The summed E-state index contributed by atoms with van der Waals surface area (Å²) in [5, 5.41) is 7.47. The Labute approximate surface area is 123 Å². The number of aromatic nitrogens is 1. The standard InChI is InChI=1S/C15H19N3OS/c1-3-18(4-2)15(19)14-9-13(5-7-16-14)17-10-12-6-8-20-11-12/h5-9,11H,3-4,10H2,1-2H3,(H,16,17). The Morgan fingerprint density at radius 2 is 2.15 bits per heavy atom. The lowest BCUT2D eigenvalue weighted by Crippen LogP contribution is -2.31. The van der Waals surface area contributed by atoms with Gasteiger partial charge in [-0.05, 0) is 48.4 Å². The van der Waals surface area contributed by atoms with Crippen LogP contribution in [0.25, 0.3) is 0 Å². The zero-order valence-corrected chi connectivity index (χ0v) is 12.6. The van der Waals surface area contributed by atoms with Crippen LogP contribution in [0.3, 0.4) is 0 Å². The van der Waals surface area contributed by atoms with Crippen molar-refractivity contribution in [3.05, 3.63) is 46.4 Å². The number of nitrogens with one attached hydrogen (secondary N) is 1. The molecule has 0 aliphatic carbocycles. The second-order valence-corrected chi connectivity index (χ2v) is 5.17. The fourth-order valence-corrected chi connectivity index (χ4v) is 2.60. The third-order valence-electron chi connectivity index (χ3n) is 3.11. The van der Waals surface area contributed by atoms with Crippen molar-refractivity contribution in [3.8, 4) is 0 Å². The van der Waals surface area contributed by atoms with Crippen LogP contribution in [0.2, 0.25) is 0 Å². The van der Waals surface area contributed by atoms with E-state index in [9.17, 15) is 4.79 Å². The lowest BCUT2D eigenvalue weighted by molar-refractivity contribution is 0.0767. The average molecular weight is 289 g/mol. The van der Waals surface area contributed by atoms with E-state index in [1.165, 1.54) is 5.56 Å². The highest BCUT2D eigenvalue weighted by Gasteiger charge is 2.13. The van der Waals surface area contributed by atoms with Crippen LogP contribution in [-0.4, -0.2) is 28.9 Å². The van der Waals surface area contributed by atoms with Crippen LogP contribution < -0.4 is 5.32 Å². The van der Waals surface area contributed by atoms with Gasteiger partial charge in [-0.15, -0.1) is 0 Å². The van der Waals surface area contributed by atoms with Gasteiger partial charge in [-0.3, -0.25) is 9.78 Å². The molecule has 5 heteroatoms. The molecule has 0 aliphatic heterocycles. The fourth-order valence-electron chi connectivity index (χ4n) is 1.93. The van der Waals surface area contributed by atoms with E-state index >= 15 is 0 Å². The maximum atomic E-state index is 12.2. The molecule has 2 rings (SSSR count). The predicted molar refractivity (Wildman–Crippen MR) is 83.1 cm³/mol.